The zero-order valence-electron chi connectivity index (χ0n) is 15.7. The van der Waals surface area contributed by atoms with Crippen LogP contribution in [0.15, 0.2) is 79.0 Å². The molecule has 0 saturated carbocycles. The van der Waals surface area contributed by atoms with Crippen LogP contribution >= 0.6 is 12.4 Å². The van der Waals surface area contributed by atoms with Crippen LogP contribution in [0.5, 0.6) is 0 Å². The van der Waals surface area contributed by atoms with Gasteiger partial charge in [-0.2, -0.15) is 0 Å². The van der Waals surface area contributed by atoms with Gasteiger partial charge in [0.1, 0.15) is 0 Å². The van der Waals surface area contributed by atoms with Crippen molar-refractivity contribution in [3.63, 3.8) is 0 Å². The molecule has 0 saturated heterocycles. The summed E-state index contributed by atoms with van der Waals surface area (Å²) < 4.78 is 0. The van der Waals surface area contributed by atoms with Crippen molar-refractivity contribution < 1.29 is 5.11 Å². The standard InChI is InChI=1S/C22H26N4O.ClH/c23-20(14-17-6-2-1-3-7-17)22(27)16-26(24)15-18-9-11-19(12-10-18)21-8-4-5-13-25-21;/h1-13,20,22,27H,14-16,23-24H2;1H. The molecule has 1 heterocycles. The Hall–Kier alpha value is -2.28. The second-order valence-electron chi connectivity index (χ2n) is 6.76. The summed E-state index contributed by atoms with van der Waals surface area (Å²) in [6.45, 7) is 0.855. The van der Waals surface area contributed by atoms with Gasteiger partial charge in [-0.25, -0.2) is 5.01 Å². The number of halogens is 1. The monoisotopic (exact) mass is 398 g/mol. The molecule has 0 aliphatic heterocycles. The van der Waals surface area contributed by atoms with Crippen LogP contribution in [-0.4, -0.2) is 33.8 Å². The third kappa shape index (κ3) is 6.41. The molecule has 0 amide bonds. The number of benzene rings is 2. The molecule has 2 unspecified atom stereocenters. The van der Waals surface area contributed by atoms with Crippen LogP contribution in [0, 0.1) is 0 Å². The van der Waals surface area contributed by atoms with Crippen LogP contribution in [0.1, 0.15) is 11.1 Å². The Labute approximate surface area is 172 Å². The molecule has 0 aliphatic carbocycles. The quantitative estimate of drug-likeness (QED) is 0.401. The topological polar surface area (TPSA) is 88.4 Å². The molecule has 3 aromatic rings. The van der Waals surface area contributed by atoms with E-state index in [2.05, 4.69) is 4.98 Å². The molecular weight excluding hydrogens is 372 g/mol. The van der Waals surface area contributed by atoms with E-state index in [4.69, 9.17) is 11.6 Å². The highest BCUT2D eigenvalue weighted by molar-refractivity contribution is 5.85. The summed E-state index contributed by atoms with van der Waals surface area (Å²) in [5.74, 6) is 6.09. The Kier molecular flexibility index (Phi) is 8.57. The van der Waals surface area contributed by atoms with Crippen LogP contribution < -0.4 is 11.6 Å². The SMILES string of the molecule is Cl.NC(Cc1ccccc1)C(O)CN(N)Cc1ccc(-c2ccccn2)cc1. The molecule has 5 N–H and O–H groups in total. The van der Waals surface area contributed by atoms with E-state index in [1.54, 1.807) is 11.2 Å². The summed E-state index contributed by atoms with van der Waals surface area (Å²) in [4.78, 5) is 4.35. The summed E-state index contributed by atoms with van der Waals surface area (Å²) in [7, 11) is 0. The van der Waals surface area contributed by atoms with E-state index in [9.17, 15) is 5.11 Å². The maximum Gasteiger partial charge on any atom is 0.0835 e. The number of aliphatic hydroxyl groups excluding tert-OH is 1. The largest absolute Gasteiger partial charge is 0.390 e. The fourth-order valence-electron chi connectivity index (χ4n) is 3.01. The third-order valence-corrected chi connectivity index (χ3v) is 4.53. The lowest BCUT2D eigenvalue weighted by Crippen LogP contribution is -2.46. The van der Waals surface area contributed by atoms with Crippen molar-refractivity contribution in [1.82, 2.24) is 9.99 Å². The lowest BCUT2D eigenvalue weighted by Gasteiger charge is -2.24. The Morgan fingerprint density at radius 3 is 2.21 bits per heavy atom. The van der Waals surface area contributed by atoms with Crippen LogP contribution in [0.3, 0.4) is 0 Å². The highest BCUT2D eigenvalue weighted by Crippen LogP contribution is 2.17. The summed E-state index contributed by atoms with van der Waals surface area (Å²) >= 11 is 0. The van der Waals surface area contributed by atoms with Gasteiger partial charge in [-0.05, 0) is 29.7 Å². The van der Waals surface area contributed by atoms with E-state index >= 15 is 0 Å². The van der Waals surface area contributed by atoms with Crippen molar-refractivity contribution in [3.05, 3.63) is 90.1 Å². The van der Waals surface area contributed by atoms with Gasteiger partial charge in [0, 0.05) is 30.9 Å². The molecule has 0 radical (unpaired) electrons. The highest BCUT2D eigenvalue weighted by atomic mass is 35.5. The zero-order valence-corrected chi connectivity index (χ0v) is 16.5. The number of hydrogen-bond donors (Lipinski definition) is 3. The molecule has 0 bridgehead atoms. The summed E-state index contributed by atoms with van der Waals surface area (Å²) in [6.07, 6.45) is 1.71. The van der Waals surface area contributed by atoms with Crippen molar-refractivity contribution in [1.29, 1.82) is 0 Å². The highest BCUT2D eigenvalue weighted by Gasteiger charge is 2.17. The molecule has 1 aromatic heterocycles. The van der Waals surface area contributed by atoms with E-state index in [0.717, 1.165) is 22.4 Å². The summed E-state index contributed by atoms with van der Waals surface area (Å²) in [5, 5.41) is 12.0. The lowest BCUT2D eigenvalue weighted by atomic mass is 10.0. The molecule has 28 heavy (non-hydrogen) atoms. The Bertz CT molecular complexity index is 815. The van der Waals surface area contributed by atoms with Crippen molar-refractivity contribution in [2.75, 3.05) is 6.54 Å². The predicted octanol–water partition coefficient (Wildman–Crippen LogP) is 2.78. The maximum atomic E-state index is 10.4. The number of pyridine rings is 1. The van der Waals surface area contributed by atoms with Gasteiger partial charge in [0.25, 0.3) is 0 Å². The number of nitrogens with zero attached hydrogens (tertiary/aromatic N) is 2. The molecule has 3 rings (SSSR count). The fourth-order valence-corrected chi connectivity index (χ4v) is 3.01. The van der Waals surface area contributed by atoms with Crippen LogP contribution in [0.25, 0.3) is 11.3 Å². The molecule has 148 valence electrons. The van der Waals surface area contributed by atoms with Gasteiger partial charge in [-0.1, -0.05) is 60.7 Å². The van der Waals surface area contributed by atoms with Crippen molar-refractivity contribution >= 4 is 12.4 Å². The maximum absolute atomic E-state index is 10.4. The molecule has 0 spiro atoms. The zero-order chi connectivity index (χ0) is 19.1. The first-order chi connectivity index (χ1) is 13.1. The van der Waals surface area contributed by atoms with Gasteiger partial charge in [-0.15, -0.1) is 12.4 Å². The molecule has 6 heteroatoms. The van der Waals surface area contributed by atoms with Crippen LogP contribution in [-0.2, 0) is 13.0 Å². The number of rotatable bonds is 8. The van der Waals surface area contributed by atoms with Crippen molar-refractivity contribution in [2.24, 2.45) is 11.6 Å². The molecule has 5 nitrogen and oxygen atoms in total. The molecule has 0 fully saturated rings. The average molecular weight is 399 g/mol. The first-order valence-corrected chi connectivity index (χ1v) is 9.09. The van der Waals surface area contributed by atoms with E-state index < -0.39 is 6.10 Å². The Morgan fingerprint density at radius 1 is 0.893 bits per heavy atom. The van der Waals surface area contributed by atoms with Gasteiger partial charge in [0.2, 0.25) is 0 Å². The minimum absolute atomic E-state index is 0. The second-order valence-corrected chi connectivity index (χ2v) is 6.76. The summed E-state index contributed by atoms with van der Waals surface area (Å²) in [6, 6.07) is 23.5. The van der Waals surface area contributed by atoms with Gasteiger partial charge >= 0.3 is 0 Å². The first-order valence-electron chi connectivity index (χ1n) is 9.09. The third-order valence-electron chi connectivity index (χ3n) is 4.53. The van der Waals surface area contributed by atoms with E-state index in [-0.39, 0.29) is 18.4 Å². The fraction of sp³-hybridized carbons (Fsp3) is 0.227. The minimum Gasteiger partial charge on any atom is -0.390 e. The van der Waals surface area contributed by atoms with Gasteiger partial charge in [-0.3, -0.25) is 10.8 Å². The Balaban J connectivity index is 0.00000280. The molecule has 2 aromatic carbocycles. The molecule has 2 atom stereocenters. The van der Waals surface area contributed by atoms with Gasteiger partial charge in [0.15, 0.2) is 0 Å². The second kappa shape index (κ2) is 10.9. The van der Waals surface area contributed by atoms with Crippen LogP contribution in [0.2, 0.25) is 0 Å². The van der Waals surface area contributed by atoms with Crippen molar-refractivity contribution in [3.8, 4) is 11.3 Å². The van der Waals surface area contributed by atoms with Gasteiger partial charge in [0.05, 0.1) is 11.8 Å². The average Bonchev–Trinajstić information content (AvgIpc) is 2.70. The van der Waals surface area contributed by atoms with Gasteiger partial charge < -0.3 is 10.8 Å². The predicted molar refractivity (Wildman–Crippen MR) is 116 cm³/mol. The lowest BCUT2D eigenvalue weighted by molar-refractivity contribution is 0.0877. The normalized spacial score (nSPS) is 13.0. The number of hydrogen-bond acceptors (Lipinski definition) is 5. The number of nitrogens with two attached hydrogens (primary N) is 2. The van der Waals surface area contributed by atoms with E-state index in [0.29, 0.717) is 19.5 Å². The van der Waals surface area contributed by atoms with Crippen LogP contribution in [0.4, 0.5) is 0 Å². The summed E-state index contributed by atoms with van der Waals surface area (Å²) in [5.41, 5.74) is 10.3. The number of aromatic nitrogens is 1. The molecule has 0 aliphatic rings. The first kappa shape index (κ1) is 22.0. The van der Waals surface area contributed by atoms with Crippen molar-refractivity contribution in [2.45, 2.75) is 25.1 Å². The number of hydrazine groups is 1. The van der Waals surface area contributed by atoms with E-state index in [1.807, 2.05) is 72.8 Å². The smallest absolute Gasteiger partial charge is 0.0835 e. The minimum atomic E-state index is -0.692. The molecular formula is C22H27ClN4O. The van der Waals surface area contributed by atoms with E-state index in [1.165, 1.54) is 0 Å². The Morgan fingerprint density at radius 2 is 1.57 bits per heavy atom. The number of aliphatic hydroxyl groups is 1.